The third kappa shape index (κ3) is 3.17. The van der Waals surface area contributed by atoms with E-state index < -0.39 is 0 Å². The Bertz CT molecular complexity index is 531. The topological polar surface area (TPSA) is 29.1 Å². The highest BCUT2D eigenvalue weighted by Crippen LogP contribution is 2.12. The SMILES string of the molecule is CC(=O)c1ccc(NCc2ccc(F)cc2)cc1. The van der Waals surface area contributed by atoms with E-state index in [0.717, 1.165) is 11.3 Å². The quantitative estimate of drug-likeness (QED) is 0.830. The van der Waals surface area contributed by atoms with Crippen molar-refractivity contribution in [2.45, 2.75) is 13.5 Å². The van der Waals surface area contributed by atoms with E-state index >= 15 is 0 Å². The lowest BCUT2D eigenvalue weighted by Gasteiger charge is -2.07. The third-order valence-corrected chi connectivity index (χ3v) is 2.70. The molecule has 18 heavy (non-hydrogen) atoms. The first-order valence-electron chi connectivity index (χ1n) is 5.74. The minimum absolute atomic E-state index is 0.0556. The zero-order chi connectivity index (χ0) is 13.0. The molecule has 2 aromatic rings. The van der Waals surface area contributed by atoms with Crippen LogP contribution in [0.25, 0.3) is 0 Å². The molecule has 92 valence electrons. The summed E-state index contributed by atoms with van der Waals surface area (Å²) in [7, 11) is 0. The van der Waals surface area contributed by atoms with Crippen molar-refractivity contribution < 1.29 is 9.18 Å². The predicted octanol–water partition coefficient (Wildman–Crippen LogP) is 3.64. The monoisotopic (exact) mass is 243 g/mol. The molecule has 0 bridgehead atoms. The van der Waals surface area contributed by atoms with Crippen LogP contribution in [0, 0.1) is 5.82 Å². The molecule has 2 rings (SSSR count). The third-order valence-electron chi connectivity index (χ3n) is 2.70. The molecular formula is C15H14FNO. The fourth-order valence-electron chi connectivity index (χ4n) is 1.63. The fraction of sp³-hybridized carbons (Fsp3) is 0.133. The lowest BCUT2D eigenvalue weighted by Crippen LogP contribution is -2.00. The van der Waals surface area contributed by atoms with Gasteiger partial charge in [0.15, 0.2) is 5.78 Å². The molecule has 0 fully saturated rings. The Hall–Kier alpha value is -2.16. The van der Waals surface area contributed by atoms with E-state index in [9.17, 15) is 9.18 Å². The molecule has 2 nitrogen and oxygen atoms in total. The van der Waals surface area contributed by atoms with Gasteiger partial charge in [-0.3, -0.25) is 4.79 Å². The van der Waals surface area contributed by atoms with Crippen LogP contribution in [-0.4, -0.2) is 5.78 Å². The van der Waals surface area contributed by atoms with Gasteiger partial charge in [-0.1, -0.05) is 12.1 Å². The first kappa shape index (κ1) is 12.3. The second kappa shape index (κ2) is 5.45. The van der Waals surface area contributed by atoms with Crippen LogP contribution in [0.5, 0.6) is 0 Å². The van der Waals surface area contributed by atoms with Crippen LogP contribution in [-0.2, 0) is 6.54 Å². The number of anilines is 1. The number of carbonyl (C=O) groups is 1. The lowest BCUT2D eigenvalue weighted by atomic mass is 10.1. The largest absolute Gasteiger partial charge is 0.381 e. The van der Waals surface area contributed by atoms with Gasteiger partial charge in [0.1, 0.15) is 5.82 Å². The Morgan fingerprint density at radius 1 is 1.06 bits per heavy atom. The lowest BCUT2D eigenvalue weighted by molar-refractivity contribution is 0.101. The van der Waals surface area contributed by atoms with Crippen molar-refractivity contribution in [2.24, 2.45) is 0 Å². The van der Waals surface area contributed by atoms with Crippen molar-refractivity contribution in [1.29, 1.82) is 0 Å². The van der Waals surface area contributed by atoms with Gasteiger partial charge in [-0.25, -0.2) is 4.39 Å². The average molecular weight is 243 g/mol. The maximum atomic E-state index is 12.7. The maximum Gasteiger partial charge on any atom is 0.159 e. The molecule has 0 atom stereocenters. The van der Waals surface area contributed by atoms with Crippen molar-refractivity contribution in [3.8, 4) is 0 Å². The Labute approximate surface area is 105 Å². The summed E-state index contributed by atoms with van der Waals surface area (Å²) in [6.45, 7) is 2.17. The maximum absolute atomic E-state index is 12.7. The van der Waals surface area contributed by atoms with Crippen LogP contribution in [0.2, 0.25) is 0 Å². The van der Waals surface area contributed by atoms with Crippen molar-refractivity contribution >= 4 is 11.5 Å². The van der Waals surface area contributed by atoms with E-state index in [0.29, 0.717) is 12.1 Å². The zero-order valence-corrected chi connectivity index (χ0v) is 10.1. The van der Waals surface area contributed by atoms with Gasteiger partial charge in [-0.15, -0.1) is 0 Å². The fourth-order valence-corrected chi connectivity index (χ4v) is 1.63. The van der Waals surface area contributed by atoms with Crippen LogP contribution >= 0.6 is 0 Å². The molecule has 0 radical (unpaired) electrons. The van der Waals surface area contributed by atoms with Crippen LogP contribution in [0.1, 0.15) is 22.8 Å². The first-order chi connectivity index (χ1) is 8.65. The number of carbonyl (C=O) groups excluding carboxylic acids is 1. The summed E-state index contributed by atoms with van der Waals surface area (Å²) in [4.78, 5) is 11.1. The number of nitrogens with one attached hydrogen (secondary N) is 1. The zero-order valence-electron chi connectivity index (χ0n) is 10.1. The number of halogens is 1. The Morgan fingerprint density at radius 3 is 2.22 bits per heavy atom. The van der Waals surface area contributed by atoms with E-state index in [1.54, 1.807) is 31.2 Å². The smallest absolute Gasteiger partial charge is 0.159 e. The Balaban J connectivity index is 1.97. The molecule has 3 heteroatoms. The second-order valence-electron chi connectivity index (χ2n) is 4.11. The summed E-state index contributed by atoms with van der Waals surface area (Å²) in [6.07, 6.45) is 0. The molecule has 0 aliphatic rings. The molecule has 0 heterocycles. The van der Waals surface area contributed by atoms with Gasteiger partial charge in [0.25, 0.3) is 0 Å². The van der Waals surface area contributed by atoms with Crippen molar-refractivity contribution in [2.75, 3.05) is 5.32 Å². The van der Waals surface area contributed by atoms with E-state index in [2.05, 4.69) is 5.32 Å². The minimum atomic E-state index is -0.232. The summed E-state index contributed by atoms with van der Waals surface area (Å²) < 4.78 is 12.7. The van der Waals surface area contributed by atoms with Crippen molar-refractivity contribution in [1.82, 2.24) is 0 Å². The number of Topliss-reactive ketones (excluding diaryl/α,β-unsaturated/α-hetero) is 1. The molecular weight excluding hydrogens is 229 g/mol. The first-order valence-corrected chi connectivity index (χ1v) is 5.74. The van der Waals surface area contributed by atoms with Crippen LogP contribution in [0.15, 0.2) is 48.5 Å². The number of benzene rings is 2. The van der Waals surface area contributed by atoms with E-state index in [-0.39, 0.29) is 11.6 Å². The summed E-state index contributed by atoms with van der Waals surface area (Å²) >= 11 is 0. The van der Waals surface area contributed by atoms with Gasteiger partial charge in [0.2, 0.25) is 0 Å². The van der Waals surface area contributed by atoms with Crippen LogP contribution < -0.4 is 5.32 Å². The molecule has 0 aliphatic heterocycles. The summed E-state index contributed by atoms with van der Waals surface area (Å²) in [5.41, 5.74) is 2.64. The minimum Gasteiger partial charge on any atom is -0.381 e. The van der Waals surface area contributed by atoms with Crippen LogP contribution in [0.4, 0.5) is 10.1 Å². The average Bonchev–Trinajstić information content (AvgIpc) is 2.38. The van der Waals surface area contributed by atoms with Crippen molar-refractivity contribution in [3.63, 3.8) is 0 Å². The molecule has 0 amide bonds. The molecule has 0 unspecified atom stereocenters. The van der Waals surface area contributed by atoms with Gasteiger partial charge in [0.05, 0.1) is 0 Å². The second-order valence-corrected chi connectivity index (χ2v) is 4.11. The molecule has 0 aromatic heterocycles. The van der Waals surface area contributed by atoms with Gasteiger partial charge < -0.3 is 5.32 Å². The summed E-state index contributed by atoms with van der Waals surface area (Å²) in [5.74, 6) is -0.176. The molecule has 0 saturated heterocycles. The number of hydrogen-bond donors (Lipinski definition) is 1. The van der Waals surface area contributed by atoms with Gasteiger partial charge in [-0.2, -0.15) is 0 Å². The Morgan fingerprint density at radius 2 is 1.67 bits per heavy atom. The normalized spacial score (nSPS) is 10.1. The summed E-state index contributed by atoms with van der Waals surface area (Å²) in [5, 5.41) is 3.21. The standard InChI is InChI=1S/C15H14FNO/c1-11(18)13-4-8-15(9-5-13)17-10-12-2-6-14(16)7-3-12/h2-9,17H,10H2,1H3. The van der Waals surface area contributed by atoms with E-state index in [1.165, 1.54) is 12.1 Å². The van der Waals surface area contributed by atoms with E-state index in [1.807, 2.05) is 12.1 Å². The molecule has 1 N–H and O–H groups in total. The molecule has 0 saturated carbocycles. The van der Waals surface area contributed by atoms with Crippen molar-refractivity contribution in [3.05, 3.63) is 65.5 Å². The highest BCUT2D eigenvalue weighted by atomic mass is 19.1. The highest BCUT2D eigenvalue weighted by Gasteiger charge is 1.99. The van der Waals surface area contributed by atoms with E-state index in [4.69, 9.17) is 0 Å². The number of hydrogen-bond acceptors (Lipinski definition) is 2. The number of rotatable bonds is 4. The molecule has 0 spiro atoms. The summed E-state index contributed by atoms with van der Waals surface area (Å²) in [6, 6.07) is 13.7. The molecule has 2 aromatic carbocycles. The number of ketones is 1. The molecule has 0 aliphatic carbocycles. The van der Waals surface area contributed by atoms with Crippen LogP contribution in [0.3, 0.4) is 0 Å². The van der Waals surface area contributed by atoms with Gasteiger partial charge in [0, 0.05) is 17.8 Å². The van der Waals surface area contributed by atoms with Gasteiger partial charge in [-0.05, 0) is 48.9 Å². The predicted molar refractivity (Wildman–Crippen MR) is 70.2 cm³/mol. The Kier molecular flexibility index (Phi) is 3.72. The van der Waals surface area contributed by atoms with Gasteiger partial charge >= 0.3 is 0 Å². The highest BCUT2D eigenvalue weighted by molar-refractivity contribution is 5.94.